The number of nitrogens with zero attached hydrogens (tertiary/aromatic N) is 2. The zero-order valence-corrected chi connectivity index (χ0v) is 8.01. The summed E-state index contributed by atoms with van der Waals surface area (Å²) in [6.45, 7) is 2.78. The molecule has 1 heterocycles. The maximum absolute atomic E-state index is 5.21. The lowest BCUT2D eigenvalue weighted by Crippen LogP contribution is -2.07. The summed E-state index contributed by atoms with van der Waals surface area (Å²) in [5.74, 6) is 0.835. The minimum absolute atomic E-state index is 0.794. The third-order valence-corrected chi connectivity index (χ3v) is 1.84. The first-order valence-electron chi connectivity index (χ1n) is 3.91. The molecule has 4 heteroatoms. The molecule has 0 atom stereocenters. The molecule has 1 rings (SSSR count). The number of hydrogen-bond donors (Lipinski definition) is 1. The van der Waals surface area contributed by atoms with Crippen LogP contribution in [-0.2, 0) is 13.6 Å². The number of hydrogen-bond acceptors (Lipinski definition) is 3. The van der Waals surface area contributed by atoms with E-state index >= 15 is 0 Å². The molecule has 0 aliphatic rings. The standard InChI is InChI=1S/C8H15N3O/c1-6-7(5-9-2)8(12-4)11(3)10-6/h9H,5H2,1-4H3. The van der Waals surface area contributed by atoms with Gasteiger partial charge in [-0.1, -0.05) is 0 Å². The van der Waals surface area contributed by atoms with Crippen LogP contribution in [0.25, 0.3) is 0 Å². The van der Waals surface area contributed by atoms with Gasteiger partial charge in [-0.25, -0.2) is 4.68 Å². The van der Waals surface area contributed by atoms with Crippen molar-refractivity contribution in [3.8, 4) is 5.88 Å². The summed E-state index contributed by atoms with van der Waals surface area (Å²) in [5.41, 5.74) is 2.14. The van der Waals surface area contributed by atoms with Gasteiger partial charge in [0.05, 0.1) is 18.4 Å². The molecule has 4 nitrogen and oxygen atoms in total. The lowest BCUT2D eigenvalue weighted by Gasteiger charge is -2.03. The molecule has 0 saturated carbocycles. The van der Waals surface area contributed by atoms with Crippen LogP contribution in [0.5, 0.6) is 5.88 Å². The fourth-order valence-corrected chi connectivity index (χ4v) is 1.32. The van der Waals surface area contributed by atoms with E-state index in [4.69, 9.17) is 4.74 Å². The quantitative estimate of drug-likeness (QED) is 0.714. The first kappa shape index (κ1) is 9.06. The number of aromatic nitrogens is 2. The van der Waals surface area contributed by atoms with Crippen molar-refractivity contribution in [3.63, 3.8) is 0 Å². The normalized spacial score (nSPS) is 10.3. The first-order valence-corrected chi connectivity index (χ1v) is 3.91. The Morgan fingerprint density at radius 1 is 1.58 bits per heavy atom. The van der Waals surface area contributed by atoms with Gasteiger partial charge in [-0.05, 0) is 14.0 Å². The van der Waals surface area contributed by atoms with Crippen molar-refractivity contribution in [2.75, 3.05) is 14.2 Å². The highest BCUT2D eigenvalue weighted by Gasteiger charge is 2.11. The van der Waals surface area contributed by atoms with Crippen LogP contribution in [0.3, 0.4) is 0 Å². The molecule has 0 saturated heterocycles. The second-order valence-corrected chi connectivity index (χ2v) is 2.73. The molecule has 0 fully saturated rings. The Balaban J connectivity index is 3.04. The minimum atomic E-state index is 0.794. The molecule has 0 bridgehead atoms. The van der Waals surface area contributed by atoms with Gasteiger partial charge in [0.1, 0.15) is 0 Å². The van der Waals surface area contributed by atoms with Crippen molar-refractivity contribution in [1.82, 2.24) is 15.1 Å². The highest BCUT2D eigenvalue weighted by atomic mass is 16.5. The van der Waals surface area contributed by atoms with Crippen LogP contribution in [0, 0.1) is 6.92 Å². The third kappa shape index (κ3) is 1.43. The molecule has 68 valence electrons. The predicted octanol–water partition coefficient (Wildman–Crippen LogP) is 0.457. The van der Waals surface area contributed by atoms with E-state index in [0.717, 1.165) is 23.7 Å². The molecule has 0 radical (unpaired) electrons. The van der Waals surface area contributed by atoms with E-state index in [1.807, 2.05) is 21.0 Å². The van der Waals surface area contributed by atoms with Gasteiger partial charge in [0.15, 0.2) is 0 Å². The number of ether oxygens (including phenoxy) is 1. The molecule has 1 aromatic heterocycles. The summed E-state index contributed by atoms with van der Waals surface area (Å²) < 4.78 is 6.96. The first-order chi connectivity index (χ1) is 5.70. The predicted molar refractivity (Wildman–Crippen MR) is 47.3 cm³/mol. The second-order valence-electron chi connectivity index (χ2n) is 2.73. The van der Waals surface area contributed by atoms with Gasteiger partial charge in [-0.15, -0.1) is 0 Å². The summed E-state index contributed by atoms with van der Waals surface area (Å²) in [6, 6.07) is 0. The Labute approximate surface area is 72.5 Å². The fraction of sp³-hybridized carbons (Fsp3) is 0.625. The third-order valence-electron chi connectivity index (χ3n) is 1.84. The van der Waals surface area contributed by atoms with Gasteiger partial charge in [0.25, 0.3) is 0 Å². The van der Waals surface area contributed by atoms with Crippen molar-refractivity contribution in [2.45, 2.75) is 13.5 Å². The van der Waals surface area contributed by atoms with Gasteiger partial charge >= 0.3 is 0 Å². The molecule has 0 aromatic carbocycles. The zero-order valence-electron chi connectivity index (χ0n) is 8.01. The van der Waals surface area contributed by atoms with E-state index in [1.165, 1.54) is 0 Å². The Hall–Kier alpha value is -1.03. The SMILES string of the molecule is CNCc1c(C)nn(C)c1OC. The molecule has 0 aliphatic carbocycles. The Bertz CT molecular complexity index is 268. The van der Waals surface area contributed by atoms with Crippen molar-refractivity contribution in [3.05, 3.63) is 11.3 Å². The maximum atomic E-state index is 5.21. The number of rotatable bonds is 3. The molecule has 1 aromatic rings. The number of nitrogens with one attached hydrogen (secondary N) is 1. The van der Waals surface area contributed by atoms with Crippen LogP contribution in [0.15, 0.2) is 0 Å². The Kier molecular flexibility index (Phi) is 2.70. The van der Waals surface area contributed by atoms with Gasteiger partial charge < -0.3 is 10.1 Å². The van der Waals surface area contributed by atoms with E-state index in [0.29, 0.717) is 0 Å². The van der Waals surface area contributed by atoms with E-state index in [-0.39, 0.29) is 0 Å². The molecule has 0 amide bonds. The molecule has 0 unspecified atom stereocenters. The molecular weight excluding hydrogens is 154 g/mol. The van der Waals surface area contributed by atoms with Crippen LogP contribution in [0.2, 0.25) is 0 Å². The summed E-state index contributed by atoms with van der Waals surface area (Å²) in [5, 5.41) is 7.33. The minimum Gasteiger partial charge on any atom is -0.481 e. The topological polar surface area (TPSA) is 39.1 Å². The average molecular weight is 169 g/mol. The van der Waals surface area contributed by atoms with Crippen LogP contribution in [-0.4, -0.2) is 23.9 Å². The van der Waals surface area contributed by atoms with Gasteiger partial charge in [0, 0.05) is 13.6 Å². The van der Waals surface area contributed by atoms with E-state index in [2.05, 4.69) is 10.4 Å². The van der Waals surface area contributed by atoms with Crippen LogP contribution in [0.4, 0.5) is 0 Å². The zero-order chi connectivity index (χ0) is 9.14. The highest BCUT2D eigenvalue weighted by molar-refractivity contribution is 5.30. The maximum Gasteiger partial charge on any atom is 0.216 e. The Morgan fingerprint density at radius 2 is 2.25 bits per heavy atom. The van der Waals surface area contributed by atoms with E-state index < -0.39 is 0 Å². The van der Waals surface area contributed by atoms with Crippen LogP contribution < -0.4 is 10.1 Å². The van der Waals surface area contributed by atoms with Gasteiger partial charge in [0.2, 0.25) is 5.88 Å². The average Bonchev–Trinajstić information content (AvgIpc) is 2.28. The fourth-order valence-electron chi connectivity index (χ4n) is 1.32. The second kappa shape index (κ2) is 3.58. The van der Waals surface area contributed by atoms with Crippen LogP contribution in [0.1, 0.15) is 11.3 Å². The van der Waals surface area contributed by atoms with Crippen molar-refractivity contribution in [2.24, 2.45) is 7.05 Å². The monoisotopic (exact) mass is 169 g/mol. The highest BCUT2D eigenvalue weighted by Crippen LogP contribution is 2.19. The summed E-state index contributed by atoms with van der Waals surface area (Å²) in [4.78, 5) is 0. The lowest BCUT2D eigenvalue weighted by molar-refractivity contribution is 0.368. The van der Waals surface area contributed by atoms with E-state index in [9.17, 15) is 0 Å². The number of methoxy groups -OCH3 is 1. The van der Waals surface area contributed by atoms with Crippen LogP contribution >= 0.6 is 0 Å². The molecule has 0 aliphatic heterocycles. The van der Waals surface area contributed by atoms with Crippen molar-refractivity contribution < 1.29 is 4.74 Å². The van der Waals surface area contributed by atoms with Gasteiger partial charge in [-0.3, -0.25) is 0 Å². The Morgan fingerprint density at radius 3 is 2.75 bits per heavy atom. The summed E-state index contributed by atoms with van der Waals surface area (Å²) >= 11 is 0. The largest absolute Gasteiger partial charge is 0.481 e. The molecular formula is C8H15N3O. The number of aryl methyl sites for hydroxylation is 2. The molecule has 0 spiro atoms. The van der Waals surface area contributed by atoms with Crippen molar-refractivity contribution >= 4 is 0 Å². The smallest absolute Gasteiger partial charge is 0.216 e. The van der Waals surface area contributed by atoms with Crippen molar-refractivity contribution in [1.29, 1.82) is 0 Å². The summed E-state index contributed by atoms with van der Waals surface area (Å²) in [7, 11) is 5.45. The lowest BCUT2D eigenvalue weighted by atomic mass is 10.2. The summed E-state index contributed by atoms with van der Waals surface area (Å²) in [6.07, 6.45) is 0. The van der Waals surface area contributed by atoms with E-state index in [1.54, 1.807) is 11.8 Å². The van der Waals surface area contributed by atoms with Gasteiger partial charge in [-0.2, -0.15) is 5.10 Å². The molecule has 12 heavy (non-hydrogen) atoms. The molecule has 1 N–H and O–H groups in total.